The Kier molecular flexibility index (Phi) is 2.68. The number of nitro groups is 1. The molecule has 0 bridgehead atoms. The highest BCUT2D eigenvalue weighted by Gasteiger charge is 2.24. The first-order valence-corrected chi connectivity index (χ1v) is 6.13. The van der Waals surface area contributed by atoms with Crippen LogP contribution in [0.1, 0.15) is 0 Å². The van der Waals surface area contributed by atoms with Gasteiger partial charge < -0.3 is 5.11 Å². The molecule has 0 aromatic heterocycles. The normalized spacial score (nSPS) is 11.6. The van der Waals surface area contributed by atoms with Crippen molar-refractivity contribution in [1.29, 1.82) is 0 Å². The fourth-order valence-electron chi connectivity index (χ4n) is 1.67. The topological polar surface area (TPSA) is 118 Å². The van der Waals surface area contributed by atoms with Crippen molar-refractivity contribution in [2.75, 3.05) is 0 Å². The van der Waals surface area contributed by atoms with Gasteiger partial charge in [-0.2, -0.15) is 8.42 Å². The molecule has 2 N–H and O–H groups in total. The molecule has 2 aromatic carbocycles. The van der Waals surface area contributed by atoms with Crippen molar-refractivity contribution in [2.45, 2.75) is 4.90 Å². The quantitative estimate of drug-likeness (QED) is 0.486. The van der Waals surface area contributed by atoms with Gasteiger partial charge in [-0.15, -0.1) is 0 Å². The molecule has 8 heteroatoms. The number of hydrogen-bond donors (Lipinski definition) is 2. The number of nitro benzene ring substituents is 1. The maximum atomic E-state index is 11.2. The molecule has 94 valence electrons. The molecule has 0 heterocycles. The van der Waals surface area contributed by atoms with Crippen LogP contribution in [0, 0.1) is 10.1 Å². The van der Waals surface area contributed by atoms with E-state index in [2.05, 4.69) is 0 Å². The van der Waals surface area contributed by atoms with E-state index in [0.29, 0.717) is 6.07 Å². The minimum Gasteiger partial charge on any atom is -0.502 e. The lowest BCUT2D eigenvalue weighted by atomic mass is 10.1. The van der Waals surface area contributed by atoms with Gasteiger partial charge >= 0.3 is 5.69 Å². The molecule has 0 unspecified atom stereocenters. The number of benzene rings is 2. The van der Waals surface area contributed by atoms with Crippen molar-refractivity contribution in [3.8, 4) is 5.75 Å². The molecule has 7 nitrogen and oxygen atoms in total. The monoisotopic (exact) mass is 269 g/mol. The summed E-state index contributed by atoms with van der Waals surface area (Å²) in [6.07, 6.45) is 0. The van der Waals surface area contributed by atoms with Gasteiger partial charge in [-0.1, -0.05) is 24.3 Å². The van der Waals surface area contributed by atoms with Gasteiger partial charge in [0.15, 0.2) is 0 Å². The zero-order valence-electron chi connectivity index (χ0n) is 8.77. The molecule has 0 spiro atoms. The molecular weight excluding hydrogens is 262 g/mol. The number of aromatic hydroxyl groups is 1. The van der Waals surface area contributed by atoms with E-state index in [1.807, 2.05) is 0 Å². The number of phenols is 1. The van der Waals surface area contributed by atoms with Gasteiger partial charge in [0.25, 0.3) is 10.1 Å². The Labute approximate surface area is 101 Å². The van der Waals surface area contributed by atoms with Crippen molar-refractivity contribution in [3.63, 3.8) is 0 Å². The Morgan fingerprint density at radius 2 is 1.72 bits per heavy atom. The lowest BCUT2D eigenvalue weighted by Gasteiger charge is -2.06. The van der Waals surface area contributed by atoms with Gasteiger partial charge in [-0.05, 0) is 0 Å². The third kappa shape index (κ3) is 1.87. The number of phenolic OH excluding ortho intramolecular Hbond substituents is 1. The molecule has 0 radical (unpaired) electrons. The number of hydrogen-bond acceptors (Lipinski definition) is 5. The SMILES string of the molecule is O=[N+]([O-])c1cc(S(=O)(=O)O)c2ccccc2c1O. The lowest BCUT2D eigenvalue weighted by molar-refractivity contribution is -0.385. The average molecular weight is 269 g/mol. The molecule has 2 rings (SSSR count). The van der Waals surface area contributed by atoms with Gasteiger partial charge in [-0.3, -0.25) is 14.7 Å². The largest absolute Gasteiger partial charge is 0.502 e. The number of nitrogens with zero attached hydrogens (tertiary/aromatic N) is 1. The summed E-state index contributed by atoms with van der Waals surface area (Å²) in [5.74, 6) is -0.636. The van der Waals surface area contributed by atoms with Crippen LogP contribution in [0.25, 0.3) is 10.8 Å². The summed E-state index contributed by atoms with van der Waals surface area (Å²) >= 11 is 0. The maximum absolute atomic E-state index is 11.2. The minimum absolute atomic E-state index is 0.0145. The van der Waals surface area contributed by atoms with Crippen LogP contribution in [0.15, 0.2) is 35.2 Å². The average Bonchev–Trinajstić information content (AvgIpc) is 2.27. The van der Waals surface area contributed by atoms with E-state index < -0.39 is 31.4 Å². The molecule has 0 amide bonds. The summed E-state index contributed by atoms with van der Waals surface area (Å²) in [4.78, 5) is 9.18. The van der Waals surface area contributed by atoms with Gasteiger partial charge in [0, 0.05) is 16.8 Å². The van der Waals surface area contributed by atoms with Crippen molar-refractivity contribution in [2.24, 2.45) is 0 Å². The second-order valence-electron chi connectivity index (χ2n) is 3.52. The third-order valence-electron chi connectivity index (χ3n) is 2.43. The van der Waals surface area contributed by atoms with Crippen molar-refractivity contribution in [3.05, 3.63) is 40.4 Å². The highest BCUT2D eigenvalue weighted by Crippen LogP contribution is 2.38. The summed E-state index contributed by atoms with van der Waals surface area (Å²) in [6, 6.07) is 6.27. The molecule has 0 saturated carbocycles. The highest BCUT2D eigenvalue weighted by molar-refractivity contribution is 7.86. The standard InChI is InChI=1S/C10H7NO6S/c12-10-7-4-2-1-3-6(7)9(18(15,16)17)5-8(10)11(13)14/h1-5,12H,(H,15,16,17). The summed E-state index contributed by atoms with van der Waals surface area (Å²) in [6.45, 7) is 0. The lowest BCUT2D eigenvalue weighted by Crippen LogP contribution is -2.01. The van der Waals surface area contributed by atoms with Crippen LogP contribution in [0.5, 0.6) is 5.75 Å². The van der Waals surface area contributed by atoms with Gasteiger partial charge in [0.2, 0.25) is 5.75 Å². The van der Waals surface area contributed by atoms with Crippen LogP contribution < -0.4 is 0 Å². The molecule has 0 aliphatic rings. The van der Waals surface area contributed by atoms with E-state index in [1.165, 1.54) is 24.3 Å². The Hall–Kier alpha value is -2.19. The second-order valence-corrected chi connectivity index (χ2v) is 4.91. The Morgan fingerprint density at radius 3 is 2.22 bits per heavy atom. The Balaban J connectivity index is 3.03. The van der Waals surface area contributed by atoms with Crippen LogP contribution >= 0.6 is 0 Å². The van der Waals surface area contributed by atoms with Crippen LogP contribution in [0.3, 0.4) is 0 Å². The molecule has 0 aliphatic heterocycles. The number of rotatable bonds is 2. The predicted molar refractivity (Wildman–Crippen MR) is 62.1 cm³/mol. The van der Waals surface area contributed by atoms with E-state index >= 15 is 0 Å². The van der Waals surface area contributed by atoms with Gasteiger partial charge in [-0.25, -0.2) is 0 Å². The molecule has 0 fully saturated rings. The Bertz CT molecular complexity index is 752. The van der Waals surface area contributed by atoms with Crippen LogP contribution in [0.2, 0.25) is 0 Å². The van der Waals surface area contributed by atoms with Crippen LogP contribution in [0.4, 0.5) is 5.69 Å². The molecular formula is C10H7NO6S. The molecule has 2 aromatic rings. The zero-order valence-corrected chi connectivity index (χ0v) is 9.59. The zero-order chi connectivity index (χ0) is 13.5. The van der Waals surface area contributed by atoms with E-state index in [9.17, 15) is 23.6 Å². The fourth-order valence-corrected chi connectivity index (χ4v) is 2.38. The molecule has 0 saturated heterocycles. The van der Waals surface area contributed by atoms with E-state index in [1.54, 1.807) is 0 Å². The summed E-state index contributed by atoms with van der Waals surface area (Å²) in [5, 5.41) is 20.4. The Morgan fingerprint density at radius 1 is 1.17 bits per heavy atom. The minimum atomic E-state index is -4.62. The summed E-state index contributed by atoms with van der Waals surface area (Å²) in [5.41, 5.74) is -0.777. The van der Waals surface area contributed by atoms with Gasteiger partial charge in [0.05, 0.1) is 4.92 Å². The van der Waals surface area contributed by atoms with Crippen molar-refractivity contribution >= 4 is 26.6 Å². The summed E-state index contributed by atoms with van der Waals surface area (Å²) in [7, 11) is -4.62. The van der Waals surface area contributed by atoms with E-state index in [4.69, 9.17) is 4.55 Å². The summed E-state index contributed by atoms with van der Waals surface area (Å²) < 4.78 is 31.4. The van der Waals surface area contributed by atoms with E-state index in [0.717, 1.165) is 0 Å². The first kappa shape index (κ1) is 12.3. The van der Waals surface area contributed by atoms with Gasteiger partial charge in [0.1, 0.15) is 4.90 Å². The first-order chi connectivity index (χ1) is 8.32. The molecule has 0 aliphatic carbocycles. The fraction of sp³-hybridized carbons (Fsp3) is 0. The number of fused-ring (bicyclic) bond motifs is 1. The van der Waals surface area contributed by atoms with Crippen molar-refractivity contribution < 1.29 is 23.0 Å². The van der Waals surface area contributed by atoms with Crippen molar-refractivity contribution in [1.82, 2.24) is 0 Å². The van der Waals surface area contributed by atoms with Crippen LogP contribution in [-0.4, -0.2) is 23.0 Å². The molecule has 0 atom stereocenters. The predicted octanol–water partition coefficient (Wildman–Crippen LogP) is 1.70. The first-order valence-electron chi connectivity index (χ1n) is 4.69. The maximum Gasteiger partial charge on any atom is 0.312 e. The smallest absolute Gasteiger partial charge is 0.312 e. The third-order valence-corrected chi connectivity index (χ3v) is 3.33. The van der Waals surface area contributed by atoms with E-state index in [-0.39, 0.29) is 10.8 Å². The second kappa shape index (κ2) is 3.93. The van der Waals surface area contributed by atoms with Crippen LogP contribution in [-0.2, 0) is 10.1 Å². The highest BCUT2D eigenvalue weighted by atomic mass is 32.2. The molecule has 18 heavy (non-hydrogen) atoms.